The van der Waals surface area contributed by atoms with Gasteiger partial charge in [0, 0.05) is 15.6 Å². The number of halogens is 1. The van der Waals surface area contributed by atoms with Gasteiger partial charge in [0.05, 0.1) is 30.1 Å². The number of benzene rings is 3. The molecule has 1 heterocycles. The molecular formula is C24H17BrN2O4. The molecule has 0 aliphatic heterocycles. The van der Waals surface area contributed by atoms with Crippen LogP contribution in [0.2, 0.25) is 0 Å². The fourth-order valence-electron chi connectivity index (χ4n) is 3.08. The summed E-state index contributed by atoms with van der Waals surface area (Å²) in [6, 6.07) is 21.3. The van der Waals surface area contributed by atoms with Gasteiger partial charge in [0.25, 0.3) is 5.91 Å². The number of methoxy groups -OCH3 is 1. The molecule has 0 bridgehead atoms. The number of nitrogens with zero attached hydrogens (tertiary/aromatic N) is 1. The van der Waals surface area contributed by atoms with Crippen molar-refractivity contribution >= 4 is 33.5 Å². The van der Waals surface area contributed by atoms with Crippen molar-refractivity contribution in [2.24, 2.45) is 0 Å². The molecule has 0 atom stereocenters. The van der Waals surface area contributed by atoms with Crippen LogP contribution >= 0.6 is 15.9 Å². The number of oxazole rings is 1. The number of hydrogen-bond donors (Lipinski definition) is 1. The van der Waals surface area contributed by atoms with Gasteiger partial charge in [-0.1, -0.05) is 52.3 Å². The number of carbonyl (C=O) groups excluding carboxylic acids is 2. The van der Waals surface area contributed by atoms with Gasteiger partial charge >= 0.3 is 5.97 Å². The van der Waals surface area contributed by atoms with E-state index in [9.17, 15) is 9.59 Å². The van der Waals surface area contributed by atoms with Gasteiger partial charge in [-0.15, -0.1) is 0 Å². The van der Waals surface area contributed by atoms with Crippen molar-refractivity contribution in [3.8, 4) is 22.8 Å². The van der Waals surface area contributed by atoms with Gasteiger partial charge in [-0.25, -0.2) is 9.78 Å². The molecule has 0 aliphatic carbocycles. The molecule has 4 rings (SSSR count). The van der Waals surface area contributed by atoms with Crippen LogP contribution in [0.15, 0.2) is 87.9 Å². The van der Waals surface area contributed by atoms with Crippen molar-refractivity contribution in [2.45, 2.75) is 0 Å². The molecule has 1 amide bonds. The second-order valence-corrected chi connectivity index (χ2v) is 7.49. The first kappa shape index (κ1) is 20.6. The average Bonchev–Trinajstić information content (AvgIpc) is 3.29. The number of rotatable bonds is 5. The number of esters is 1. The van der Waals surface area contributed by atoms with Gasteiger partial charge in [0.2, 0.25) is 5.89 Å². The Morgan fingerprint density at radius 3 is 2.35 bits per heavy atom. The van der Waals surface area contributed by atoms with E-state index in [1.165, 1.54) is 7.11 Å². The number of ether oxygens (including phenoxy) is 1. The van der Waals surface area contributed by atoms with Crippen LogP contribution in [0.5, 0.6) is 0 Å². The molecule has 0 fully saturated rings. The summed E-state index contributed by atoms with van der Waals surface area (Å²) in [5, 5.41) is 2.78. The first-order chi connectivity index (χ1) is 15.1. The average molecular weight is 477 g/mol. The standard InChI is InChI=1S/C24H17BrN2O4/c1-30-24(29)19-8-4-5-9-20(19)27-22(28)17-6-2-3-7-18(17)23-26-14-21(31-23)15-10-12-16(25)13-11-15/h2-14H,1H3,(H,27,28). The SMILES string of the molecule is COC(=O)c1ccccc1NC(=O)c1ccccc1-c1ncc(-c2ccc(Br)cc2)o1. The first-order valence-corrected chi connectivity index (χ1v) is 10.2. The molecule has 7 heteroatoms. The Kier molecular flexibility index (Phi) is 5.95. The summed E-state index contributed by atoms with van der Waals surface area (Å²) in [5.74, 6) is -0.00922. The molecule has 1 N–H and O–H groups in total. The summed E-state index contributed by atoms with van der Waals surface area (Å²) in [7, 11) is 1.29. The predicted octanol–water partition coefficient (Wildman–Crippen LogP) is 5.81. The number of hydrogen-bond acceptors (Lipinski definition) is 5. The summed E-state index contributed by atoms with van der Waals surface area (Å²) in [6.07, 6.45) is 1.62. The summed E-state index contributed by atoms with van der Waals surface area (Å²) in [5.41, 5.74) is 2.41. The molecule has 4 aromatic rings. The largest absolute Gasteiger partial charge is 0.465 e. The van der Waals surface area contributed by atoms with Crippen LogP contribution in [0.1, 0.15) is 20.7 Å². The van der Waals surface area contributed by atoms with E-state index in [0.717, 1.165) is 10.0 Å². The molecule has 0 saturated heterocycles. The Morgan fingerprint density at radius 2 is 1.61 bits per heavy atom. The van der Waals surface area contributed by atoms with Crippen LogP contribution in [-0.4, -0.2) is 24.0 Å². The summed E-state index contributed by atoms with van der Waals surface area (Å²) >= 11 is 3.41. The molecule has 0 radical (unpaired) electrons. The lowest BCUT2D eigenvalue weighted by atomic mass is 10.1. The molecule has 0 aliphatic rings. The second-order valence-electron chi connectivity index (χ2n) is 6.57. The Morgan fingerprint density at radius 1 is 0.935 bits per heavy atom. The molecule has 3 aromatic carbocycles. The van der Waals surface area contributed by atoms with Gasteiger partial charge in [0.1, 0.15) is 0 Å². The minimum Gasteiger partial charge on any atom is -0.465 e. The van der Waals surface area contributed by atoms with E-state index in [0.29, 0.717) is 28.5 Å². The molecular weight excluding hydrogens is 460 g/mol. The van der Waals surface area contributed by atoms with E-state index >= 15 is 0 Å². The van der Waals surface area contributed by atoms with Crippen LogP contribution < -0.4 is 5.32 Å². The van der Waals surface area contributed by atoms with Gasteiger partial charge in [-0.2, -0.15) is 0 Å². The zero-order chi connectivity index (χ0) is 21.8. The highest BCUT2D eigenvalue weighted by molar-refractivity contribution is 9.10. The normalized spacial score (nSPS) is 10.5. The lowest BCUT2D eigenvalue weighted by Crippen LogP contribution is -2.16. The maximum Gasteiger partial charge on any atom is 0.339 e. The number of para-hydroxylation sites is 1. The maximum absolute atomic E-state index is 13.0. The Labute approximate surface area is 187 Å². The number of anilines is 1. The molecule has 0 spiro atoms. The smallest absolute Gasteiger partial charge is 0.339 e. The molecule has 31 heavy (non-hydrogen) atoms. The molecule has 0 unspecified atom stereocenters. The molecule has 1 aromatic heterocycles. The topological polar surface area (TPSA) is 81.4 Å². The minimum absolute atomic E-state index is 0.268. The fourth-order valence-corrected chi connectivity index (χ4v) is 3.35. The third kappa shape index (κ3) is 4.41. The number of aromatic nitrogens is 1. The van der Waals surface area contributed by atoms with Crippen LogP contribution in [0.4, 0.5) is 5.69 Å². The summed E-state index contributed by atoms with van der Waals surface area (Å²) in [4.78, 5) is 29.4. The number of amides is 1. The third-order valence-electron chi connectivity index (χ3n) is 4.62. The molecule has 154 valence electrons. The van der Waals surface area contributed by atoms with Gasteiger partial charge < -0.3 is 14.5 Å². The lowest BCUT2D eigenvalue weighted by molar-refractivity contribution is 0.0602. The zero-order valence-corrected chi connectivity index (χ0v) is 18.0. The van der Waals surface area contributed by atoms with Gasteiger partial charge in [-0.3, -0.25) is 4.79 Å². The van der Waals surface area contributed by atoms with Crippen molar-refractivity contribution in [3.63, 3.8) is 0 Å². The van der Waals surface area contributed by atoms with E-state index in [2.05, 4.69) is 26.2 Å². The Hall–Kier alpha value is -3.71. The van der Waals surface area contributed by atoms with Crippen LogP contribution in [0, 0.1) is 0 Å². The number of nitrogens with one attached hydrogen (secondary N) is 1. The summed E-state index contributed by atoms with van der Waals surface area (Å²) < 4.78 is 11.7. The van der Waals surface area contributed by atoms with E-state index in [1.54, 1.807) is 54.7 Å². The second kappa shape index (κ2) is 8.97. The van der Waals surface area contributed by atoms with E-state index < -0.39 is 11.9 Å². The third-order valence-corrected chi connectivity index (χ3v) is 5.15. The zero-order valence-electron chi connectivity index (χ0n) is 16.5. The summed E-state index contributed by atoms with van der Waals surface area (Å²) in [6.45, 7) is 0. The Bertz CT molecular complexity index is 1250. The highest BCUT2D eigenvalue weighted by Gasteiger charge is 2.19. The Balaban J connectivity index is 1.65. The van der Waals surface area contributed by atoms with E-state index in [-0.39, 0.29) is 5.56 Å². The molecule has 0 saturated carbocycles. The quantitative estimate of drug-likeness (QED) is 0.367. The molecule has 6 nitrogen and oxygen atoms in total. The monoisotopic (exact) mass is 476 g/mol. The van der Waals surface area contributed by atoms with E-state index in [4.69, 9.17) is 9.15 Å². The van der Waals surface area contributed by atoms with Crippen molar-refractivity contribution < 1.29 is 18.7 Å². The van der Waals surface area contributed by atoms with Crippen molar-refractivity contribution in [1.29, 1.82) is 0 Å². The first-order valence-electron chi connectivity index (χ1n) is 9.36. The van der Waals surface area contributed by atoms with Crippen molar-refractivity contribution in [1.82, 2.24) is 4.98 Å². The highest BCUT2D eigenvalue weighted by Crippen LogP contribution is 2.29. The van der Waals surface area contributed by atoms with Crippen molar-refractivity contribution in [2.75, 3.05) is 12.4 Å². The minimum atomic E-state index is -0.531. The van der Waals surface area contributed by atoms with Gasteiger partial charge in [0.15, 0.2) is 5.76 Å². The van der Waals surface area contributed by atoms with Crippen LogP contribution in [-0.2, 0) is 4.74 Å². The fraction of sp³-hybridized carbons (Fsp3) is 0.0417. The lowest BCUT2D eigenvalue weighted by Gasteiger charge is -2.11. The maximum atomic E-state index is 13.0. The van der Waals surface area contributed by atoms with Gasteiger partial charge in [-0.05, 0) is 36.4 Å². The predicted molar refractivity (Wildman–Crippen MR) is 121 cm³/mol. The highest BCUT2D eigenvalue weighted by atomic mass is 79.9. The van der Waals surface area contributed by atoms with Crippen molar-refractivity contribution in [3.05, 3.63) is 94.6 Å². The number of carbonyl (C=O) groups is 2. The van der Waals surface area contributed by atoms with E-state index in [1.807, 2.05) is 24.3 Å². The van der Waals surface area contributed by atoms with Crippen LogP contribution in [0.3, 0.4) is 0 Å². The van der Waals surface area contributed by atoms with Crippen LogP contribution in [0.25, 0.3) is 22.8 Å².